The molecule has 0 fully saturated rings. The first-order valence-electron chi connectivity index (χ1n) is 4.89. The lowest BCUT2D eigenvalue weighted by atomic mass is 10.1. The first-order valence-corrected chi connectivity index (χ1v) is 4.89. The van der Waals surface area contributed by atoms with Gasteiger partial charge in [0.1, 0.15) is 12.4 Å². The van der Waals surface area contributed by atoms with Crippen LogP contribution >= 0.6 is 0 Å². The van der Waals surface area contributed by atoms with E-state index in [1.807, 2.05) is 6.08 Å². The molecule has 0 saturated carbocycles. The summed E-state index contributed by atoms with van der Waals surface area (Å²) < 4.78 is 5.64. The molecule has 1 heterocycles. The molecule has 74 valence electrons. The molecule has 2 nitrogen and oxygen atoms in total. The van der Waals surface area contributed by atoms with Crippen molar-refractivity contribution in [2.24, 2.45) is 0 Å². The van der Waals surface area contributed by atoms with E-state index in [1.54, 1.807) is 0 Å². The van der Waals surface area contributed by atoms with Crippen LogP contribution in [-0.2, 0) is 0 Å². The van der Waals surface area contributed by atoms with Crippen LogP contribution in [0.1, 0.15) is 17.2 Å². The van der Waals surface area contributed by atoms with E-state index in [-0.39, 0.29) is 0 Å². The Hall–Kier alpha value is -1.28. The van der Waals surface area contributed by atoms with Crippen molar-refractivity contribution in [1.82, 2.24) is 5.32 Å². The van der Waals surface area contributed by atoms with Gasteiger partial charge in [0.25, 0.3) is 0 Å². The molecule has 1 aliphatic rings. The largest absolute Gasteiger partial charge is 0.491 e. The average molecular weight is 189 g/mol. The number of hydrogen-bond acceptors (Lipinski definition) is 2. The maximum atomic E-state index is 5.64. The summed E-state index contributed by atoms with van der Waals surface area (Å²) in [6, 6.07) is 6.60. The number of nitrogens with one attached hydrogen (secondary N) is 1. The van der Waals surface area contributed by atoms with E-state index >= 15 is 0 Å². The minimum absolute atomic E-state index is 0.322. The minimum atomic E-state index is 0.322. The fourth-order valence-electron chi connectivity index (χ4n) is 1.80. The van der Waals surface area contributed by atoms with Gasteiger partial charge in [-0.1, -0.05) is 24.3 Å². The molecule has 2 rings (SSSR count). The van der Waals surface area contributed by atoms with Gasteiger partial charge in [-0.3, -0.25) is 0 Å². The number of hydrogen-bond donors (Lipinski definition) is 1. The SMILES string of the molecule is C=CCNC1COc2c(C)cccc21. The summed E-state index contributed by atoms with van der Waals surface area (Å²) in [5.74, 6) is 1.05. The van der Waals surface area contributed by atoms with Gasteiger partial charge in [-0.05, 0) is 12.5 Å². The zero-order valence-corrected chi connectivity index (χ0v) is 8.42. The van der Waals surface area contributed by atoms with Crippen LogP contribution in [0.25, 0.3) is 0 Å². The lowest BCUT2D eigenvalue weighted by Gasteiger charge is -2.09. The summed E-state index contributed by atoms with van der Waals surface area (Å²) in [5.41, 5.74) is 2.48. The highest BCUT2D eigenvalue weighted by Crippen LogP contribution is 2.34. The van der Waals surface area contributed by atoms with Crippen molar-refractivity contribution in [3.05, 3.63) is 42.0 Å². The molecular weight excluding hydrogens is 174 g/mol. The lowest BCUT2D eigenvalue weighted by Crippen LogP contribution is -2.22. The average Bonchev–Trinajstić information content (AvgIpc) is 2.60. The molecular formula is C12H15NO. The van der Waals surface area contributed by atoms with Gasteiger partial charge in [-0.15, -0.1) is 6.58 Å². The molecule has 0 spiro atoms. The van der Waals surface area contributed by atoms with E-state index in [9.17, 15) is 0 Å². The zero-order valence-electron chi connectivity index (χ0n) is 8.42. The van der Waals surface area contributed by atoms with Crippen LogP contribution in [0.3, 0.4) is 0 Å². The van der Waals surface area contributed by atoms with Crippen molar-refractivity contribution in [3.63, 3.8) is 0 Å². The molecule has 1 unspecified atom stereocenters. The molecule has 0 aromatic heterocycles. The van der Waals surface area contributed by atoms with Crippen LogP contribution in [-0.4, -0.2) is 13.2 Å². The zero-order chi connectivity index (χ0) is 9.97. The molecule has 1 aromatic rings. The molecule has 2 heteroatoms. The normalized spacial score (nSPS) is 18.8. The van der Waals surface area contributed by atoms with Crippen LogP contribution in [0.4, 0.5) is 0 Å². The third kappa shape index (κ3) is 1.53. The molecule has 1 N–H and O–H groups in total. The van der Waals surface area contributed by atoms with Crippen molar-refractivity contribution in [2.75, 3.05) is 13.2 Å². The third-order valence-electron chi connectivity index (χ3n) is 2.52. The van der Waals surface area contributed by atoms with Gasteiger partial charge in [0.05, 0.1) is 6.04 Å². The molecule has 0 amide bonds. The summed E-state index contributed by atoms with van der Waals surface area (Å²) in [6.45, 7) is 7.32. The predicted molar refractivity (Wildman–Crippen MR) is 57.6 cm³/mol. The molecule has 0 bridgehead atoms. The predicted octanol–water partition coefficient (Wildman–Crippen LogP) is 2.20. The smallest absolute Gasteiger partial charge is 0.127 e. The fraction of sp³-hybridized carbons (Fsp3) is 0.333. The van der Waals surface area contributed by atoms with Crippen molar-refractivity contribution in [2.45, 2.75) is 13.0 Å². The van der Waals surface area contributed by atoms with Crippen LogP contribution in [0.5, 0.6) is 5.75 Å². The van der Waals surface area contributed by atoms with Crippen LogP contribution < -0.4 is 10.1 Å². The quantitative estimate of drug-likeness (QED) is 0.736. The molecule has 1 aromatic carbocycles. The minimum Gasteiger partial charge on any atom is -0.491 e. The standard InChI is InChI=1S/C12H15NO/c1-3-7-13-11-8-14-12-9(2)5-4-6-10(11)12/h3-6,11,13H,1,7-8H2,2H3. The second-order valence-electron chi connectivity index (χ2n) is 3.55. The summed E-state index contributed by atoms with van der Waals surface area (Å²) in [4.78, 5) is 0. The second-order valence-corrected chi connectivity index (χ2v) is 3.55. The number of ether oxygens (including phenoxy) is 1. The van der Waals surface area contributed by atoms with Crippen LogP contribution in [0.15, 0.2) is 30.9 Å². The Bertz CT molecular complexity index is 346. The number of para-hydroxylation sites is 1. The third-order valence-corrected chi connectivity index (χ3v) is 2.52. The first-order chi connectivity index (χ1) is 6.83. The van der Waals surface area contributed by atoms with E-state index in [0.29, 0.717) is 6.04 Å². The Kier molecular flexibility index (Phi) is 2.55. The summed E-state index contributed by atoms with van der Waals surface area (Å²) in [7, 11) is 0. The first kappa shape index (κ1) is 9.28. The van der Waals surface area contributed by atoms with Gasteiger partial charge in [0.15, 0.2) is 0 Å². The molecule has 0 radical (unpaired) electrons. The lowest BCUT2D eigenvalue weighted by molar-refractivity contribution is 0.313. The highest BCUT2D eigenvalue weighted by molar-refractivity contribution is 5.45. The van der Waals surface area contributed by atoms with Gasteiger partial charge < -0.3 is 10.1 Å². The maximum absolute atomic E-state index is 5.64. The van der Waals surface area contributed by atoms with Gasteiger partial charge in [0.2, 0.25) is 0 Å². The Labute approximate surface area is 84.6 Å². The Morgan fingerprint density at radius 2 is 2.50 bits per heavy atom. The highest BCUT2D eigenvalue weighted by Gasteiger charge is 2.23. The van der Waals surface area contributed by atoms with Gasteiger partial charge in [-0.25, -0.2) is 0 Å². The van der Waals surface area contributed by atoms with Gasteiger partial charge in [-0.2, -0.15) is 0 Å². The maximum Gasteiger partial charge on any atom is 0.127 e. The Morgan fingerprint density at radius 1 is 1.64 bits per heavy atom. The van der Waals surface area contributed by atoms with E-state index in [0.717, 1.165) is 18.9 Å². The van der Waals surface area contributed by atoms with Crippen LogP contribution in [0.2, 0.25) is 0 Å². The number of fused-ring (bicyclic) bond motifs is 1. The van der Waals surface area contributed by atoms with Crippen molar-refractivity contribution in [3.8, 4) is 5.75 Å². The monoisotopic (exact) mass is 189 g/mol. The van der Waals surface area contributed by atoms with E-state index in [4.69, 9.17) is 4.74 Å². The highest BCUT2D eigenvalue weighted by atomic mass is 16.5. The number of rotatable bonds is 3. The topological polar surface area (TPSA) is 21.3 Å². The molecule has 0 aliphatic carbocycles. The van der Waals surface area contributed by atoms with Crippen molar-refractivity contribution < 1.29 is 4.74 Å². The Morgan fingerprint density at radius 3 is 3.29 bits per heavy atom. The fourth-order valence-corrected chi connectivity index (χ4v) is 1.80. The summed E-state index contributed by atoms with van der Waals surface area (Å²) >= 11 is 0. The van der Waals surface area contributed by atoms with Crippen LogP contribution in [0, 0.1) is 6.92 Å². The number of aryl methyl sites for hydroxylation is 1. The Balaban J connectivity index is 2.21. The van der Waals surface area contributed by atoms with E-state index in [1.165, 1.54) is 11.1 Å². The van der Waals surface area contributed by atoms with E-state index in [2.05, 4.69) is 37.0 Å². The van der Waals surface area contributed by atoms with E-state index < -0.39 is 0 Å². The summed E-state index contributed by atoms with van der Waals surface area (Å²) in [6.07, 6.45) is 1.87. The molecule has 14 heavy (non-hydrogen) atoms. The van der Waals surface area contributed by atoms with Crippen molar-refractivity contribution in [1.29, 1.82) is 0 Å². The van der Waals surface area contributed by atoms with Crippen molar-refractivity contribution >= 4 is 0 Å². The molecule has 1 aliphatic heterocycles. The summed E-state index contributed by atoms with van der Waals surface area (Å²) in [5, 5.41) is 3.37. The molecule has 1 atom stereocenters. The van der Waals surface area contributed by atoms with Gasteiger partial charge in [0, 0.05) is 12.1 Å². The second kappa shape index (κ2) is 3.84. The van der Waals surface area contributed by atoms with Gasteiger partial charge >= 0.3 is 0 Å². The number of benzene rings is 1. The molecule has 0 saturated heterocycles.